The van der Waals surface area contributed by atoms with Gasteiger partial charge in [-0.2, -0.15) is 0 Å². The summed E-state index contributed by atoms with van der Waals surface area (Å²) in [5.41, 5.74) is 3.68. The first-order chi connectivity index (χ1) is 12.8. The molecule has 1 aliphatic rings. The summed E-state index contributed by atoms with van der Waals surface area (Å²) in [7, 11) is 0. The Bertz CT molecular complexity index is 1110. The van der Waals surface area contributed by atoms with E-state index in [2.05, 4.69) is 51.9 Å². The number of aryl methyl sites for hydroxylation is 3. The van der Waals surface area contributed by atoms with Gasteiger partial charge in [-0.25, -0.2) is 15.0 Å². The molecule has 132 valence electrons. The molecule has 5 rings (SSSR count). The van der Waals surface area contributed by atoms with Crippen molar-refractivity contribution < 1.29 is 0 Å². The second-order valence-corrected chi connectivity index (χ2v) is 7.91. The van der Waals surface area contributed by atoms with E-state index in [4.69, 9.17) is 4.98 Å². The van der Waals surface area contributed by atoms with Crippen LogP contribution in [0.5, 0.6) is 0 Å². The summed E-state index contributed by atoms with van der Waals surface area (Å²) in [5, 5.41) is 4.84. The van der Waals surface area contributed by atoms with Gasteiger partial charge in [0.25, 0.3) is 0 Å². The van der Waals surface area contributed by atoms with Crippen LogP contribution in [0.2, 0.25) is 0 Å². The molecule has 0 spiro atoms. The predicted molar refractivity (Wildman–Crippen MR) is 107 cm³/mol. The van der Waals surface area contributed by atoms with Crippen molar-refractivity contribution in [3.63, 3.8) is 0 Å². The summed E-state index contributed by atoms with van der Waals surface area (Å²) >= 11 is 1.82. The molecule has 1 unspecified atom stereocenters. The fourth-order valence-electron chi connectivity index (χ4n) is 4.06. The van der Waals surface area contributed by atoms with Gasteiger partial charge in [0.15, 0.2) is 0 Å². The van der Waals surface area contributed by atoms with Gasteiger partial charge in [0.2, 0.25) is 0 Å². The Hall–Kier alpha value is -2.47. The van der Waals surface area contributed by atoms with Crippen molar-refractivity contribution in [1.82, 2.24) is 19.5 Å². The van der Waals surface area contributed by atoms with Crippen LogP contribution in [0.1, 0.15) is 42.6 Å². The molecule has 0 radical (unpaired) electrons. The van der Waals surface area contributed by atoms with Gasteiger partial charge >= 0.3 is 0 Å². The second kappa shape index (κ2) is 6.06. The largest absolute Gasteiger partial charge is 0.360 e. The summed E-state index contributed by atoms with van der Waals surface area (Å²) in [4.78, 5) is 16.5. The van der Waals surface area contributed by atoms with Crippen molar-refractivity contribution in [3.8, 4) is 0 Å². The highest BCUT2D eigenvalue weighted by atomic mass is 32.1. The van der Waals surface area contributed by atoms with Gasteiger partial charge in [-0.3, -0.25) is 0 Å². The van der Waals surface area contributed by atoms with E-state index in [0.29, 0.717) is 0 Å². The number of thiophene rings is 1. The molecule has 1 aliphatic carbocycles. The van der Waals surface area contributed by atoms with Crippen LogP contribution in [0.25, 0.3) is 21.3 Å². The van der Waals surface area contributed by atoms with Crippen molar-refractivity contribution in [1.29, 1.82) is 0 Å². The Kier molecular flexibility index (Phi) is 3.67. The molecule has 1 N–H and O–H groups in total. The number of anilines is 1. The maximum Gasteiger partial charge on any atom is 0.139 e. The number of rotatable bonds is 4. The first-order valence-corrected chi connectivity index (χ1v) is 10.0. The normalized spacial score (nSPS) is 14.8. The van der Waals surface area contributed by atoms with E-state index in [1.54, 1.807) is 6.33 Å². The van der Waals surface area contributed by atoms with E-state index in [9.17, 15) is 0 Å². The van der Waals surface area contributed by atoms with E-state index >= 15 is 0 Å². The van der Waals surface area contributed by atoms with Gasteiger partial charge in [-0.15, -0.1) is 11.3 Å². The molecule has 0 fully saturated rings. The third-order valence-electron chi connectivity index (χ3n) is 5.24. The number of nitrogens with one attached hydrogen (secondary N) is 1. The zero-order valence-corrected chi connectivity index (χ0v) is 15.8. The number of imidazole rings is 1. The van der Waals surface area contributed by atoms with Crippen LogP contribution in [-0.2, 0) is 19.4 Å². The molecule has 0 saturated heterocycles. The summed E-state index contributed by atoms with van der Waals surface area (Å²) in [6, 6.07) is 8.39. The monoisotopic (exact) mass is 363 g/mol. The van der Waals surface area contributed by atoms with E-state index < -0.39 is 0 Å². The summed E-state index contributed by atoms with van der Waals surface area (Å²) in [6.07, 6.45) is 5.23. The molecule has 1 atom stereocenters. The Morgan fingerprint density at radius 3 is 3.00 bits per heavy atom. The highest BCUT2D eigenvalue weighted by Gasteiger charge is 2.23. The van der Waals surface area contributed by atoms with Crippen LogP contribution in [0, 0.1) is 0 Å². The number of fused-ring (bicyclic) bond motifs is 4. The minimum absolute atomic E-state index is 0.0670. The number of benzene rings is 1. The molecule has 0 aliphatic heterocycles. The molecule has 0 bridgehead atoms. The number of hydrogen-bond acceptors (Lipinski definition) is 5. The first kappa shape index (κ1) is 15.8. The lowest BCUT2D eigenvalue weighted by molar-refractivity contribution is 0.673. The standard InChI is InChI=1S/C20H21N5S/c1-3-25-15-9-5-4-8-14(15)24-19(25)12(2)23-18-17-13-7-6-10-16(13)26-20(17)22-11-21-18/h4-5,8-9,11-12H,3,6-7,10H2,1-2H3,(H,21,22,23). The molecule has 3 heterocycles. The molecule has 6 heteroatoms. The Balaban J connectivity index is 1.57. The minimum atomic E-state index is 0.0670. The van der Waals surface area contributed by atoms with E-state index in [-0.39, 0.29) is 6.04 Å². The smallest absolute Gasteiger partial charge is 0.139 e. The maximum atomic E-state index is 4.88. The highest BCUT2D eigenvalue weighted by Crippen LogP contribution is 2.39. The predicted octanol–water partition coefficient (Wildman–Crippen LogP) is 4.72. The van der Waals surface area contributed by atoms with Crippen molar-refractivity contribution >= 4 is 38.4 Å². The highest BCUT2D eigenvalue weighted by molar-refractivity contribution is 7.19. The van der Waals surface area contributed by atoms with Crippen molar-refractivity contribution in [2.75, 3.05) is 5.32 Å². The first-order valence-electron chi connectivity index (χ1n) is 9.23. The summed E-state index contributed by atoms with van der Waals surface area (Å²) in [5.74, 6) is 1.99. The minimum Gasteiger partial charge on any atom is -0.360 e. The van der Waals surface area contributed by atoms with Crippen LogP contribution in [-0.4, -0.2) is 19.5 Å². The molecular weight excluding hydrogens is 342 g/mol. The maximum absolute atomic E-state index is 4.88. The van der Waals surface area contributed by atoms with Gasteiger partial charge in [-0.05, 0) is 50.8 Å². The Morgan fingerprint density at radius 1 is 1.23 bits per heavy atom. The van der Waals surface area contributed by atoms with Gasteiger partial charge in [-0.1, -0.05) is 12.1 Å². The van der Waals surface area contributed by atoms with Gasteiger partial charge in [0, 0.05) is 11.4 Å². The average molecular weight is 363 g/mol. The second-order valence-electron chi connectivity index (χ2n) is 6.83. The van der Waals surface area contributed by atoms with Crippen LogP contribution >= 0.6 is 11.3 Å². The number of para-hydroxylation sites is 2. The van der Waals surface area contributed by atoms with Crippen LogP contribution in [0.3, 0.4) is 0 Å². The zero-order chi connectivity index (χ0) is 17.7. The lowest BCUT2D eigenvalue weighted by atomic mass is 10.2. The molecule has 0 saturated carbocycles. The number of nitrogens with zero attached hydrogens (tertiary/aromatic N) is 4. The molecule has 3 aromatic heterocycles. The van der Waals surface area contributed by atoms with E-state index in [1.807, 2.05) is 17.4 Å². The van der Waals surface area contributed by atoms with Gasteiger partial charge in [0.05, 0.1) is 22.5 Å². The van der Waals surface area contributed by atoms with Crippen LogP contribution in [0.15, 0.2) is 30.6 Å². The topological polar surface area (TPSA) is 55.6 Å². The Labute approximate surface area is 156 Å². The third-order valence-corrected chi connectivity index (χ3v) is 6.44. The van der Waals surface area contributed by atoms with Crippen molar-refractivity contribution in [2.45, 2.75) is 45.7 Å². The fraction of sp³-hybridized carbons (Fsp3) is 0.350. The van der Waals surface area contributed by atoms with Gasteiger partial charge in [0.1, 0.15) is 22.8 Å². The van der Waals surface area contributed by atoms with Crippen molar-refractivity contribution in [3.05, 3.63) is 46.9 Å². The molecular formula is C20H21N5S. The quantitative estimate of drug-likeness (QED) is 0.570. The zero-order valence-electron chi connectivity index (χ0n) is 15.0. The molecule has 0 amide bonds. The fourth-order valence-corrected chi connectivity index (χ4v) is 5.29. The summed E-state index contributed by atoms with van der Waals surface area (Å²) < 4.78 is 2.28. The third kappa shape index (κ3) is 2.32. The SMILES string of the molecule is CCn1c(C(C)Nc2ncnc3sc4c(c23)CCC4)nc2ccccc21. The molecule has 1 aromatic carbocycles. The molecule has 5 nitrogen and oxygen atoms in total. The van der Waals surface area contributed by atoms with E-state index in [1.165, 1.54) is 34.2 Å². The van der Waals surface area contributed by atoms with Gasteiger partial charge < -0.3 is 9.88 Å². The Morgan fingerprint density at radius 2 is 2.12 bits per heavy atom. The number of hydrogen-bond donors (Lipinski definition) is 1. The lowest BCUT2D eigenvalue weighted by Gasteiger charge is -2.16. The van der Waals surface area contributed by atoms with E-state index in [0.717, 1.165) is 35.0 Å². The molecule has 26 heavy (non-hydrogen) atoms. The lowest BCUT2D eigenvalue weighted by Crippen LogP contribution is -2.14. The van der Waals surface area contributed by atoms with Crippen molar-refractivity contribution in [2.24, 2.45) is 0 Å². The molecule has 4 aromatic rings. The van der Waals surface area contributed by atoms with Crippen LogP contribution < -0.4 is 5.32 Å². The summed E-state index contributed by atoms with van der Waals surface area (Å²) in [6.45, 7) is 5.22. The van der Waals surface area contributed by atoms with Crippen LogP contribution in [0.4, 0.5) is 5.82 Å². The average Bonchev–Trinajstić information content (AvgIpc) is 3.33. The number of aromatic nitrogens is 4.